The van der Waals surface area contributed by atoms with Gasteiger partial charge in [0, 0.05) is 0 Å². The fourth-order valence-electron chi connectivity index (χ4n) is 2.94. The number of esters is 3. The Morgan fingerprint density at radius 3 is 1.85 bits per heavy atom. The van der Waals surface area contributed by atoms with Crippen LogP contribution in [0.25, 0.3) is 0 Å². The monoisotopic (exact) mass is 385 g/mol. The fraction of sp³-hybridized carbons (Fsp3) is 0.850. The van der Waals surface area contributed by atoms with Crippen molar-refractivity contribution in [1.29, 1.82) is 0 Å². The molecule has 0 atom stereocenters. The molecule has 0 unspecified atom stereocenters. The molecular formula is C20H35NO6. The zero-order valence-electron chi connectivity index (χ0n) is 16.7. The number of carbonyl (C=O) groups excluding carboxylic acids is 3. The highest BCUT2D eigenvalue weighted by Crippen LogP contribution is 2.10. The number of carbonyl (C=O) groups is 3. The van der Waals surface area contributed by atoms with Gasteiger partial charge < -0.3 is 14.2 Å². The lowest BCUT2D eigenvalue weighted by atomic mass is 10.1. The first-order valence-electron chi connectivity index (χ1n) is 10.3. The minimum Gasteiger partial charge on any atom is -0.465 e. The summed E-state index contributed by atoms with van der Waals surface area (Å²) < 4.78 is 15.0. The van der Waals surface area contributed by atoms with Gasteiger partial charge >= 0.3 is 17.9 Å². The van der Waals surface area contributed by atoms with E-state index in [1.165, 1.54) is 49.8 Å². The van der Waals surface area contributed by atoms with E-state index in [9.17, 15) is 14.4 Å². The van der Waals surface area contributed by atoms with E-state index in [2.05, 4.69) is 6.92 Å². The average Bonchev–Trinajstić information content (AvgIpc) is 2.70. The second-order valence-corrected chi connectivity index (χ2v) is 6.99. The van der Waals surface area contributed by atoms with Crippen LogP contribution >= 0.6 is 0 Å². The maximum absolute atomic E-state index is 11.9. The van der Waals surface area contributed by atoms with Crippen molar-refractivity contribution in [2.45, 2.75) is 71.1 Å². The summed E-state index contributed by atoms with van der Waals surface area (Å²) in [5.41, 5.74) is 0. The Labute approximate surface area is 162 Å². The smallest absolute Gasteiger partial charge is 0.320 e. The van der Waals surface area contributed by atoms with Crippen LogP contribution in [0.15, 0.2) is 0 Å². The second kappa shape index (κ2) is 15.4. The maximum atomic E-state index is 11.9. The van der Waals surface area contributed by atoms with Crippen LogP contribution in [-0.2, 0) is 28.6 Å². The standard InChI is InChI=1S/C20H35NO6/c1-2-3-4-5-6-7-8-9-10-11-12-25-18(22)15-21-16-19(23)26-13-14-27-20(24)17-21/h2-17H2,1H3. The van der Waals surface area contributed by atoms with E-state index in [4.69, 9.17) is 14.2 Å². The van der Waals surface area contributed by atoms with Gasteiger partial charge in [-0.3, -0.25) is 19.3 Å². The molecule has 7 heteroatoms. The molecule has 1 aliphatic rings. The van der Waals surface area contributed by atoms with Gasteiger partial charge in [0.05, 0.1) is 26.2 Å². The van der Waals surface area contributed by atoms with E-state index in [1.54, 1.807) is 0 Å². The average molecular weight is 386 g/mol. The SMILES string of the molecule is CCCCCCCCCCCCOC(=O)CN1CC(=O)OCCOC(=O)C1. The Balaban J connectivity index is 2.05. The maximum Gasteiger partial charge on any atom is 0.320 e. The van der Waals surface area contributed by atoms with Crippen LogP contribution < -0.4 is 0 Å². The molecule has 1 heterocycles. The van der Waals surface area contributed by atoms with Gasteiger partial charge in [0.1, 0.15) is 13.2 Å². The van der Waals surface area contributed by atoms with Gasteiger partial charge in [0.15, 0.2) is 0 Å². The lowest BCUT2D eigenvalue weighted by molar-refractivity contribution is -0.148. The zero-order valence-corrected chi connectivity index (χ0v) is 16.7. The fourth-order valence-corrected chi connectivity index (χ4v) is 2.94. The lowest BCUT2D eigenvalue weighted by Crippen LogP contribution is -2.39. The molecule has 1 aliphatic heterocycles. The topological polar surface area (TPSA) is 82.1 Å². The quantitative estimate of drug-likeness (QED) is 0.274. The summed E-state index contributed by atoms with van der Waals surface area (Å²) in [4.78, 5) is 36.4. The number of unbranched alkanes of at least 4 members (excludes halogenated alkanes) is 9. The third kappa shape index (κ3) is 13.2. The van der Waals surface area contributed by atoms with E-state index in [-0.39, 0.29) is 32.8 Å². The van der Waals surface area contributed by atoms with E-state index >= 15 is 0 Å². The molecule has 0 aromatic rings. The molecule has 1 saturated heterocycles. The van der Waals surface area contributed by atoms with Gasteiger partial charge in [-0.2, -0.15) is 0 Å². The lowest BCUT2D eigenvalue weighted by Gasteiger charge is -2.17. The van der Waals surface area contributed by atoms with Crippen LogP contribution in [0, 0.1) is 0 Å². The molecule has 0 amide bonds. The van der Waals surface area contributed by atoms with Gasteiger partial charge in [-0.1, -0.05) is 64.7 Å². The molecule has 0 aromatic carbocycles. The highest BCUT2D eigenvalue weighted by atomic mass is 16.6. The molecule has 27 heavy (non-hydrogen) atoms. The highest BCUT2D eigenvalue weighted by molar-refractivity contribution is 5.78. The molecule has 0 aromatic heterocycles. The van der Waals surface area contributed by atoms with Crippen molar-refractivity contribution < 1.29 is 28.6 Å². The molecule has 156 valence electrons. The van der Waals surface area contributed by atoms with E-state index in [0.717, 1.165) is 19.3 Å². The van der Waals surface area contributed by atoms with Crippen molar-refractivity contribution >= 4 is 17.9 Å². The van der Waals surface area contributed by atoms with Crippen molar-refractivity contribution in [3.63, 3.8) is 0 Å². The van der Waals surface area contributed by atoms with Crippen LogP contribution in [0.5, 0.6) is 0 Å². The largest absolute Gasteiger partial charge is 0.465 e. The van der Waals surface area contributed by atoms with E-state index in [0.29, 0.717) is 6.61 Å². The summed E-state index contributed by atoms with van der Waals surface area (Å²) in [7, 11) is 0. The molecule has 0 saturated carbocycles. The molecule has 1 rings (SSSR count). The Hall–Kier alpha value is -1.63. The summed E-state index contributed by atoms with van der Waals surface area (Å²) in [6.45, 7) is 2.32. The zero-order chi connectivity index (χ0) is 19.7. The summed E-state index contributed by atoms with van der Waals surface area (Å²) in [6, 6.07) is 0. The first-order chi connectivity index (χ1) is 13.1. The summed E-state index contributed by atoms with van der Waals surface area (Å²) in [5, 5.41) is 0. The van der Waals surface area contributed by atoms with Crippen LogP contribution in [-0.4, -0.2) is 62.3 Å². The third-order valence-electron chi connectivity index (χ3n) is 4.43. The Morgan fingerprint density at radius 1 is 0.852 bits per heavy atom. The number of hydrogen-bond acceptors (Lipinski definition) is 7. The highest BCUT2D eigenvalue weighted by Gasteiger charge is 2.21. The molecule has 0 radical (unpaired) electrons. The normalized spacial score (nSPS) is 16.0. The van der Waals surface area contributed by atoms with Crippen LogP contribution in [0.2, 0.25) is 0 Å². The van der Waals surface area contributed by atoms with Gasteiger partial charge in [-0.15, -0.1) is 0 Å². The molecule has 1 fully saturated rings. The number of ether oxygens (including phenoxy) is 3. The molecule has 0 N–H and O–H groups in total. The van der Waals surface area contributed by atoms with Gasteiger partial charge in [-0.05, 0) is 6.42 Å². The predicted octanol–water partition coefficient (Wildman–Crippen LogP) is 2.85. The van der Waals surface area contributed by atoms with E-state index in [1.807, 2.05) is 0 Å². The van der Waals surface area contributed by atoms with Crippen molar-refractivity contribution in [2.24, 2.45) is 0 Å². The molecular weight excluding hydrogens is 350 g/mol. The third-order valence-corrected chi connectivity index (χ3v) is 4.43. The minimum absolute atomic E-state index is 0.0433. The van der Waals surface area contributed by atoms with Crippen molar-refractivity contribution in [3.05, 3.63) is 0 Å². The van der Waals surface area contributed by atoms with Crippen LogP contribution in [0.1, 0.15) is 71.1 Å². The Kier molecular flexibility index (Phi) is 13.4. The van der Waals surface area contributed by atoms with Gasteiger partial charge in [0.25, 0.3) is 0 Å². The van der Waals surface area contributed by atoms with Crippen molar-refractivity contribution in [2.75, 3.05) is 39.5 Å². The van der Waals surface area contributed by atoms with Gasteiger partial charge in [0.2, 0.25) is 0 Å². The first-order valence-corrected chi connectivity index (χ1v) is 10.3. The van der Waals surface area contributed by atoms with Crippen molar-refractivity contribution in [1.82, 2.24) is 4.90 Å². The Morgan fingerprint density at radius 2 is 1.33 bits per heavy atom. The van der Waals surface area contributed by atoms with Crippen LogP contribution in [0.4, 0.5) is 0 Å². The van der Waals surface area contributed by atoms with Crippen molar-refractivity contribution in [3.8, 4) is 0 Å². The molecule has 0 spiro atoms. The predicted molar refractivity (Wildman–Crippen MR) is 101 cm³/mol. The first kappa shape index (κ1) is 23.4. The number of nitrogens with zero attached hydrogens (tertiary/aromatic N) is 1. The summed E-state index contributed by atoms with van der Waals surface area (Å²) in [6.07, 6.45) is 12.2. The Bertz CT molecular complexity index is 420. The van der Waals surface area contributed by atoms with E-state index < -0.39 is 17.9 Å². The summed E-state index contributed by atoms with van der Waals surface area (Å²) >= 11 is 0. The van der Waals surface area contributed by atoms with Gasteiger partial charge in [-0.25, -0.2) is 0 Å². The number of hydrogen-bond donors (Lipinski definition) is 0. The molecule has 7 nitrogen and oxygen atoms in total. The second-order valence-electron chi connectivity index (χ2n) is 6.99. The van der Waals surface area contributed by atoms with Crippen LogP contribution in [0.3, 0.4) is 0 Å². The minimum atomic E-state index is -0.476. The summed E-state index contributed by atoms with van der Waals surface area (Å²) in [5.74, 6) is -1.39. The number of cyclic esters (lactones) is 2. The molecule has 0 bridgehead atoms. The number of rotatable bonds is 13. The molecule has 0 aliphatic carbocycles.